The first kappa shape index (κ1) is 17.5. The van der Waals surface area contributed by atoms with Crippen molar-refractivity contribution >= 4 is 39.8 Å². The Bertz CT molecular complexity index is 857. The molecule has 25 heavy (non-hydrogen) atoms. The van der Waals surface area contributed by atoms with Gasteiger partial charge in [-0.3, -0.25) is 5.32 Å². The lowest BCUT2D eigenvalue weighted by molar-refractivity contribution is 0.262. The van der Waals surface area contributed by atoms with Gasteiger partial charge in [0.05, 0.1) is 5.69 Å². The summed E-state index contributed by atoms with van der Waals surface area (Å²) in [4.78, 5) is 16.5. The van der Waals surface area contributed by atoms with E-state index in [0.29, 0.717) is 21.8 Å². The van der Waals surface area contributed by atoms with E-state index in [1.165, 1.54) is 16.9 Å². The topological polar surface area (TPSA) is 54.0 Å². The van der Waals surface area contributed by atoms with E-state index in [4.69, 9.17) is 11.6 Å². The van der Waals surface area contributed by atoms with Crippen molar-refractivity contribution in [1.29, 1.82) is 0 Å². The molecule has 0 saturated heterocycles. The Morgan fingerprint density at radius 1 is 1.04 bits per heavy atom. The minimum atomic E-state index is -0.335. The summed E-state index contributed by atoms with van der Waals surface area (Å²) in [5, 5.41) is 8.60. The molecule has 0 saturated carbocycles. The van der Waals surface area contributed by atoms with Crippen LogP contribution in [0.25, 0.3) is 11.3 Å². The molecular formula is C19H18ClN3OS. The van der Waals surface area contributed by atoms with Crippen LogP contribution in [0.2, 0.25) is 5.02 Å². The highest BCUT2D eigenvalue weighted by Gasteiger charge is 2.09. The first-order chi connectivity index (χ1) is 12.0. The fourth-order valence-corrected chi connectivity index (χ4v) is 3.14. The van der Waals surface area contributed by atoms with E-state index in [9.17, 15) is 4.79 Å². The number of carbonyl (C=O) groups excluding carboxylic acids is 1. The second kappa shape index (κ2) is 7.68. The van der Waals surface area contributed by atoms with Crippen molar-refractivity contribution in [3.05, 3.63) is 64.5 Å². The zero-order valence-corrected chi connectivity index (χ0v) is 15.5. The number of urea groups is 1. The Morgan fingerprint density at radius 3 is 2.36 bits per heavy atom. The largest absolute Gasteiger partial charge is 0.325 e. The molecule has 0 fully saturated rings. The average molecular weight is 372 g/mol. The SMILES string of the molecule is CC(C)c1ccc(-c2csc(NC(=O)Nc3ccc(Cl)cc3)n2)cc1. The predicted octanol–water partition coefficient (Wildman–Crippen LogP) is 6.23. The number of aromatic nitrogens is 1. The summed E-state index contributed by atoms with van der Waals surface area (Å²) in [7, 11) is 0. The van der Waals surface area contributed by atoms with Crippen molar-refractivity contribution in [2.75, 3.05) is 10.6 Å². The second-order valence-corrected chi connectivity index (χ2v) is 7.20. The van der Waals surface area contributed by atoms with Crippen molar-refractivity contribution in [3.63, 3.8) is 0 Å². The molecule has 0 bridgehead atoms. The Morgan fingerprint density at radius 2 is 1.72 bits per heavy atom. The average Bonchev–Trinajstić information content (AvgIpc) is 3.05. The molecule has 6 heteroatoms. The quantitative estimate of drug-likeness (QED) is 0.571. The van der Waals surface area contributed by atoms with Gasteiger partial charge in [-0.25, -0.2) is 9.78 Å². The van der Waals surface area contributed by atoms with Gasteiger partial charge in [0, 0.05) is 21.7 Å². The first-order valence-corrected chi connectivity index (χ1v) is 9.16. The third-order valence-corrected chi connectivity index (χ3v) is 4.71. The molecule has 0 radical (unpaired) electrons. The van der Waals surface area contributed by atoms with Crippen LogP contribution in [0, 0.1) is 0 Å². The molecule has 0 atom stereocenters. The zero-order valence-electron chi connectivity index (χ0n) is 13.9. The molecule has 0 unspecified atom stereocenters. The summed E-state index contributed by atoms with van der Waals surface area (Å²) in [5.41, 5.74) is 3.84. The number of anilines is 2. The molecule has 128 valence electrons. The third kappa shape index (κ3) is 4.59. The van der Waals surface area contributed by atoms with E-state index in [1.54, 1.807) is 24.3 Å². The van der Waals surface area contributed by atoms with E-state index in [-0.39, 0.29) is 6.03 Å². The Hall–Kier alpha value is -2.37. The predicted molar refractivity (Wildman–Crippen MR) is 106 cm³/mol. The van der Waals surface area contributed by atoms with E-state index < -0.39 is 0 Å². The molecule has 2 N–H and O–H groups in total. The molecular weight excluding hydrogens is 354 g/mol. The molecule has 2 amide bonds. The summed E-state index contributed by atoms with van der Waals surface area (Å²) in [6.07, 6.45) is 0. The number of benzene rings is 2. The van der Waals surface area contributed by atoms with Gasteiger partial charge in [0.25, 0.3) is 0 Å². The van der Waals surface area contributed by atoms with Crippen LogP contribution in [0.15, 0.2) is 53.9 Å². The van der Waals surface area contributed by atoms with E-state index in [1.807, 2.05) is 5.38 Å². The lowest BCUT2D eigenvalue weighted by atomic mass is 10.0. The Labute approximate surface area is 155 Å². The van der Waals surface area contributed by atoms with Crippen LogP contribution in [-0.2, 0) is 0 Å². The summed E-state index contributed by atoms with van der Waals surface area (Å²) < 4.78 is 0. The Kier molecular flexibility index (Phi) is 5.36. The molecule has 0 aliphatic carbocycles. The summed E-state index contributed by atoms with van der Waals surface area (Å²) in [5.74, 6) is 0.498. The highest BCUT2D eigenvalue weighted by molar-refractivity contribution is 7.14. The van der Waals surface area contributed by atoms with Gasteiger partial charge in [0.15, 0.2) is 5.13 Å². The number of hydrogen-bond acceptors (Lipinski definition) is 3. The third-order valence-electron chi connectivity index (χ3n) is 3.70. The maximum Gasteiger partial charge on any atom is 0.325 e. The number of amides is 2. The molecule has 3 rings (SSSR count). The molecule has 0 aliphatic heterocycles. The molecule has 4 nitrogen and oxygen atoms in total. The van der Waals surface area contributed by atoms with Crippen LogP contribution in [0.5, 0.6) is 0 Å². The highest BCUT2D eigenvalue weighted by atomic mass is 35.5. The smallest absolute Gasteiger partial charge is 0.308 e. The van der Waals surface area contributed by atoms with Gasteiger partial charge in [-0.1, -0.05) is 49.7 Å². The van der Waals surface area contributed by atoms with Gasteiger partial charge < -0.3 is 5.32 Å². The fraction of sp³-hybridized carbons (Fsp3) is 0.158. The van der Waals surface area contributed by atoms with Gasteiger partial charge in [0.2, 0.25) is 0 Å². The van der Waals surface area contributed by atoms with Crippen LogP contribution in [0.1, 0.15) is 25.3 Å². The van der Waals surface area contributed by atoms with Crippen LogP contribution in [-0.4, -0.2) is 11.0 Å². The normalized spacial score (nSPS) is 10.7. The summed E-state index contributed by atoms with van der Waals surface area (Å²) >= 11 is 7.22. The van der Waals surface area contributed by atoms with E-state index in [2.05, 4.69) is 53.7 Å². The highest BCUT2D eigenvalue weighted by Crippen LogP contribution is 2.26. The number of nitrogens with zero attached hydrogens (tertiary/aromatic N) is 1. The number of halogens is 1. The second-order valence-electron chi connectivity index (χ2n) is 5.90. The van der Waals surface area contributed by atoms with Crippen LogP contribution >= 0.6 is 22.9 Å². The number of nitrogens with one attached hydrogen (secondary N) is 2. The van der Waals surface area contributed by atoms with E-state index in [0.717, 1.165) is 11.3 Å². The van der Waals surface area contributed by atoms with Crippen LogP contribution in [0.3, 0.4) is 0 Å². The Balaban J connectivity index is 1.64. The van der Waals surface area contributed by atoms with Crippen molar-refractivity contribution in [1.82, 2.24) is 4.98 Å². The van der Waals surface area contributed by atoms with Crippen molar-refractivity contribution < 1.29 is 4.79 Å². The van der Waals surface area contributed by atoms with Crippen molar-refractivity contribution in [3.8, 4) is 11.3 Å². The molecule has 0 spiro atoms. The lowest BCUT2D eigenvalue weighted by Gasteiger charge is -2.06. The van der Waals surface area contributed by atoms with Gasteiger partial charge >= 0.3 is 6.03 Å². The monoisotopic (exact) mass is 371 g/mol. The van der Waals surface area contributed by atoms with Crippen LogP contribution in [0.4, 0.5) is 15.6 Å². The zero-order chi connectivity index (χ0) is 17.8. The standard InChI is InChI=1S/C19H18ClN3OS/c1-12(2)13-3-5-14(6-4-13)17-11-25-19(22-17)23-18(24)21-16-9-7-15(20)8-10-16/h3-12H,1-2H3,(H2,21,22,23,24). The van der Waals surface area contributed by atoms with Gasteiger partial charge in [0.1, 0.15) is 0 Å². The minimum absolute atomic E-state index is 0.335. The minimum Gasteiger partial charge on any atom is -0.308 e. The number of rotatable bonds is 4. The molecule has 1 aromatic heterocycles. The van der Waals surface area contributed by atoms with Crippen LogP contribution < -0.4 is 10.6 Å². The lowest BCUT2D eigenvalue weighted by Crippen LogP contribution is -2.19. The molecule has 0 aliphatic rings. The summed E-state index contributed by atoms with van der Waals surface area (Å²) in [6, 6.07) is 14.9. The van der Waals surface area contributed by atoms with Gasteiger partial charge in [-0.15, -0.1) is 11.3 Å². The maximum atomic E-state index is 12.0. The van der Waals surface area contributed by atoms with Gasteiger partial charge in [-0.2, -0.15) is 0 Å². The number of hydrogen-bond donors (Lipinski definition) is 2. The summed E-state index contributed by atoms with van der Waals surface area (Å²) in [6.45, 7) is 4.33. The molecule has 2 aromatic carbocycles. The fourth-order valence-electron chi connectivity index (χ4n) is 2.30. The molecule has 3 aromatic rings. The molecule has 1 heterocycles. The van der Waals surface area contributed by atoms with Gasteiger partial charge in [-0.05, 0) is 35.7 Å². The number of thiazole rings is 1. The number of carbonyl (C=O) groups is 1. The van der Waals surface area contributed by atoms with E-state index >= 15 is 0 Å². The van der Waals surface area contributed by atoms with Crippen molar-refractivity contribution in [2.24, 2.45) is 0 Å². The van der Waals surface area contributed by atoms with Crippen molar-refractivity contribution in [2.45, 2.75) is 19.8 Å². The maximum absolute atomic E-state index is 12.0. The first-order valence-electron chi connectivity index (χ1n) is 7.90.